The van der Waals surface area contributed by atoms with Gasteiger partial charge in [-0.15, -0.1) is 0 Å². The van der Waals surface area contributed by atoms with Gasteiger partial charge in [0.15, 0.2) is 6.29 Å². The van der Waals surface area contributed by atoms with E-state index in [9.17, 15) is 4.79 Å². The zero-order valence-corrected chi connectivity index (χ0v) is 7.37. The van der Waals surface area contributed by atoms with E-state index in [-0.39, 0.29) is 12.2 Å². The highest BCUT2D eigenvalue weighted by atomic mass is 16.6. The topological polar surface area (TPSA) is 29.6 Å². The summed E-state index contributed by atoms with van der Waals surface area (Å²) in [7, 11) is 0. The van der Waals surface area contributed by atoms with Crippen LogP contribution in [-0.4, -0.2) is 18.5 Å². The third kappa shape index (κ3) is 1.86. The average molecular weight is 168 g/mol. The van der Waals surface area contributed by atoms with E-state index in [4.69, 9.17) is 4.74 Å². The predicted octanol–water partition coefficient (Wildman–Crippen LogP) is 1.92. The molecule has 0 amide bonds. The summed E-state index contributed by atoms with van der Waals surface area (Å²) < 4.78 is 5.20. The molecule has 0 unspecified atom stereocenters. The lowest BCUT2D eigenvalue weighted by molar-refractivity contribution is -0.108. The second kappa shape index (κ2) is 3.56. The molecule has 0 spiro atoms. The Labute approximate surface area is 73.3 Å². The van der Waals surface area contributed by atoms with Crippen LogP contribution in [0.5, 0.6) is 0 Å². The number of hydrogen-bond acceptors (Lipinski definition) is 2. The van der Waals surface area contributed by atoms with Crippen LogP contribution in [0.25, 0.3) is 0 Å². The third-order valence-corrected chi connectivity index (χ3v) is 3.05. The van der Waals surface area contributed by atoms with Gasteiger partial charge in [-0.05, 0) is 12.3 Å². The quantitative estimate of drug-likeness (QED) is 0.476. The van der Waals surface area contributed by atoms with Crippen LogP contribution in [0.2, 0.25) is 0 Å². The van der Waals surface area contributed by atoms with E-state index >= 15 is 0 Å². The summed E-state index contributed by atoms with van der Waals surface area (Å²) in [4.78, 5) is 10.3. The summed E-state index contributed by atoms with van der Waals surface area (Å²) in [5, 5.41) is 0. The van der Waals surface area contributed by atoms with Gasteiger partial charge in [-0.25, -0.2) is 0 Å². The monoisotopic (exact) mass is 168 g/mol. The molecule has 2 fully saturated rings. The molecule has 1 saturated carbocycles. The van der Waals surface area contributed by atoms with Crippen molar-refractivity contribution in [1.82, 2.24) is 0 Å². The molecule has 0 N–H and O–H groups in total. The maximum Gasteiger partial charge on any atom is 0.151 e. The van der Waals surface area contributed by atoms with Crippen molar-refractivity contribution in [3.63, 3.8) is 0 Å². The van der Waals surface area contributed by atoms with Crippen LogP contribution in [0.1, 0.15) is 38.5 Å². The molecule has 0 aromatic heterocycles. The molecule has 2 aliphatic rings. The fourth-order valence-corrected chi connectivity index (χ4v) is 2.22. The number of rotatable bonds is 3. The van der Waals surface area contributed by atoms with E-state index in [1.807, 2.05) is 0 Å². The Kier molecular flexibility index (Phi) is 2.45. The summed E-state index contributed by atoms with van der Waals surface area (Å²) in [6.45, 7) is 0. The number of aldehydes is 1. The normalized spacial score (nSPS) is 36.3. The fraction of sp³-hybridized carbons (Fsp3) is 0.900. The molecule has 0 aromatic rings. The molecule has 0 radical (unpaired) electrons. The summed E-state index contributed by atoms with van der Waals surface area (Å²) >= 11 is 0. The number of epoxide rings is 1. The Hall–Kier alpha value is -0.370. The molecular formula is C10H16O2. The van der Waals surface area contributed by atoms with Gasteiger partial charge in [-0.2, -0.15) is 0 Å². The van der Waals surface area contributed by atoms with Gasteiger partial charge in [-0.3, -0.25) is 0 Å². The van der Waals surface area contributed by atoms with Gasteiger partial charge < -0.3 is 9.53 Å². The molecule has 68 valence electrons. The van der Waals surface area contributed by atoms with Crippen LogP contribution in [0.3, 0.4) is 0 Å². The van der Waals surface area contributed by atoms with Crippen molar-refractivity contribution in [1.29, 1.82) is 0 Å². The van der Waals surface area contributed by atoms with Crippen LogP contribution in [0.4, 0.5) is 0 Å². The Balaban J connectivity index is 1.69. The van der Waals surface area contributed by atoms with Crippen molar-refractivity contribution >= 4 is 6.29 Å². The minimum Gasteiger partial charge on any atom is -0.362 e. The summed E-state index contributed by atoms with van der Waals surface area (Å²) in [5.74, 6) is 0.841. The molecule has 2 rings (SSSR count). The van der Waals surface area contributed by atoms with E-state index in [0.717, 1.165) is 18.6 Å². The van der Waals surface area contributed by atoms with E-state index in [1.54, 1.807) is 0 Å². The maximum absolute atomic E-state index is 10.3. The maximum atomic E-state index is 10.3. The highest BCUT2D eigenvalue weighted by Crippen LogP contribution is 2.34. The van der Waals surface area contributed by atoms with Crippen molar-refractivity contribution in [3.05, 3.63) is 0 Å². The van der Waals surface area contributed by atoms with Crippen molar-refractivity contribution in [2.24, 2.45) is 5.92 Å². The van der Waals surface area contributed by atoms with Crippen LogP contribution in [-0.2, 0) is 9.53 Å². The molecule has 0 bridgehead atoms. The molecule has 2 atom stereocenters. The molecule has 0 aromatic carbocycles. The largest absolute Gasteiger partial charge is 0.362 e. The molecule has 1 aliphatic carbocycles. The lowest BCUT2D eigenvalue weighted by Gasteiger charge is -2.20. The first-order chi connectivity index (χ1) is 5.90. The van der Waals surface area contributed by atoms with Crippen LogP contribution in [0, 0.1) is 5.92 Å². The van der Waals surface area contributed by atoms with E-state index in [2.05, 4.69) is 0 Å². The third-order valence-electron chi connectivity index (χ3n) is 3.05. The van der Waals surface area contributed by atoms with Crippen molar-refractivity contribution in [3.8, 4) is 0 Å². The lowest BCUT2D eigenvalue weighted by atomic mass is 9.86. The van der Waals surface area contributed by atoms with Gasteiger partial charge in [0.05, 0.1) is 6.10 Å². The van der Waals surface area contributed by atoms with Gasteiger partial charge in [0.2, 0.25) is 0 Å². The van der Waals surface area contributed by atoms with E-state index in [0.29, 0.717) is 0 Å². The summed E-state index contributed by atoms with van der Waals surface area (Å²) in [6.07, 6.45) is 9.16. The van der Waals surface area contributed by atoms with Crippen molar-refractivity contribution in [2.75, 3.05) is 0 Å². The van der Waals surface area contributed by atoms with Crippen molar-refractivity contribution < 1.29 is 9.53 Å². The Morgan fingerprint density at radius 3 is 2.58 bits per heavy atom. The van der Waals surface area contributed by atoms with Gasteiger partial charge >= 0.3 is 0 Å². The minimum atomic E-state index is -0.0491. The smallest absolute Gasteiger partial charge is 0.151 e. The second-order valence-electron chi connectivity index (χ2n) is 4.01. The minimum absolute atomic E-state index is 0.0491. The van der Waals surface area contributed by atoms with Crippen LogP contribution < -0.4 is 0 Å². The van der Waals surface area contributed by atoms with Gasteiger partial charge in [-0.1, -0.05) is 32.1 Å². The number of ether oxygens (including phenoxy) is 1. The Morgan fingerprint density at radius 1 is 1.25 bits per heavy atom. The molecular weight excluding hydrogens is 152 g/mol. The number of carbonyl (C=O) groups excluding carboxylic acids is 1. The summed E-state index contributed by atoms with van der Waals surface area (Å²) in [5.41, 5.74) is 0. The van der Waals surface area contributed by atoms with Crippen molar-refractivity contribution in [2.45, 2.75) is 50.7 Å². The van der Waals surface area contributed by atoms with E-state index < -0.39 is 0 Å². The highest BCUT2D eigenvalue weighted by molar-refractivity contribution is 5.60. The first-order valence-electron chi connectivity index (χ1n) is 5.01. The zero-order valence-electron chi connectivity index (χ0n) is 7.37. The second-order valence-corrected chi connectivity index (χ2v) is 4.01. The van der Waals surface area contributed by atoms with Crippen LogP contribution in [0.15, 0.2) is 0 Å². The molecule has 1 heterocycles. The lowest BCUT2D eigenvalue weighted by Crippen LogP contribution is -2.10. The predicted molar refractivity (Wildman–Crippen MR) is 45.9 cm³/mol. The van der Waals surface area contributed by atoms with Gasteiger partial charge in [0, 0.05) is 0 Å². The first-order valence-corrected chi connectivity index (χ1v) is 5.01. The molecule has 2 nitrogen and oxygen atoms in total. The number of carbonyl (C=O) groups is 1. The first kappa shape index (κ1) is 8.24. The Morgan fingerprint density at radius 2 is 2.00 bits per heavy atom. The standard InChI is InChI=1S/C10H16O2/c11-7-10-9(12-10)6-8-4-2-1-3-5-8/h7-10H,1-6H2/t9-,10-/m0/s1. The molecule has 12 heavy (non-hydrogen) atoms. The highest BCUT2D eigenvalue weighted by Gasteiger charge is 2.39. The average Bonchev–Trinajstić information content (AvgIpc) is 2.85. The number of hydrogen-bond donors (Lipinski definition) is 0. The van der Waals surface area contributed by atoms with E-state index in [1.165, 1.54) is 32.1 Å². The fourth-order valence-electron chi connectivity index (χ4n) is 2.22. The summed E-state index contributed by atoms with van der Waals surface area (Å²) in [6, 6.07) is 0. The molecule has 1 aliphatic heterocycles. The van der Waals surface area contributed by atoms with Gasteiger partial charge in [0.25, 0.3) is 0 Å². The SMILES string of the molecule is O=C[C@@H]1O[C@H]1CC1CCCCC1. The van der Waals surface area contributed by atoms with Gasteiger partial charge in [0.1, 0.15) is 6.10 Å². The Bertz CT molecular complexity index is 161. The molecule has 1 saturated heterocycles. The van der Waals surface area contributed by atoms with Crippen LogP contribution >= 0.6 is 0 Å². The zero-order chi connectivity index (χ0) is 8.39. The molecule has 2 heteroatoms.